The van der Waals surface area contributed by atoms with Gasteiger partial charge in [0.05, 0.1) is 0 Å². The number of carbonyl (C=O) groups excluding carboxylic acids is 2. The first-order valence-electron chi connectivity index (χ1n) is 9.90. The summed E-state index contributed by atoms with van der Waals surface area (Å²) in [5.41, 5.74) is 0.949. The molecular formula is C19H27N5O2S. The number of hydrogen-bond acceptors (Lipinski definition) is 4. The zero-order valence-electron chi connectivity index (χ0n) is 15.7. The Morgan fingerprint density at radius 1 is 1.07 bits per heavy atom. The van der Waals surface area contributed by atoms with Crippen LogP contribution in [0.5, 0.6) is 0 Å². The number of piperidine rings is 1. The van der Waals surface area contributed by atoms with Crippen LogP contribution in [0.4, 0.5) is 4.79 Å². The summed E-state index contributed by atoms with van der Waals surface area (Å²) in [6.07, 6.45) is 11.1. The van der Waals surface area contributed by atoms with Gasteiger partial charge in [0.2, 0.25) is 0 Å². The number of hydrogen-bond donors (Lipinski definition) is 2. The Morgan fingerprint density at radius 2 is 1.74 bits per heavy atom. The Bertz CT molecular complexity index is 815. The van der Waals surface area contributed by atoms with E-state index < -0.39 is 0 Å². The number of amides is 3. The zero-order valence-corrected chi connectivity index (χ0v) is 16.6. The van der Waals surface area contributed by atoms with Gasteiger partial charge in [-0.15, -0.1) is 0 Å². The van der Waals surface area contributed by atoms with E-state index in [9.17, 15) is 9.59 Å². The van der Waals surface area contributed by atoms with Crippen LogP contribution < -0.4 is 10.6 Å². The van der Waals surface area contributed by atoms with Crippen LogP contribution in [0.15, 0.2) is 12.4 Å². The molecule has 3 amide bonds. The zero-order chi connectivity index (χ0) is 18.8. The Hall–Kier alpha value is -2.09. The number of thiazole rings is 1. The van der Waals surface area contributed by atoms with Gasteiger partial charge in [0, 0.05) is 43.3 Å². The van der Waals surface area contributed by atoms with E-state index in [0.717, 1.165) is 41.2 Å². The van der Waals surface area contributed by atoms with Crippen molar-refractivity contribution in [2.45, 2.75) is 64.0 Å². The largest absolute Gasteiger partial charge is 0.338 e. The van der Waals surface area contributed by atoms with Gasteiger partial charge in [0.1, 0.15) is 4.88 Å². The van der Waals surface area contributed by atoms with Crippen LogP contribution in [0.2, 0.25) is 0 Å². The summed E-state index contributed by atoms with van der Waals surface area (Å²) in [6, 6.07) is 0.405. The van der Waals surface area contributed by atoms with Crippen molar-refractivity contribution in [1.82, 2.24) is 24.9 Å². The van der Waals surface area contributed by atoms with Crippen LogP contribution in [-0.2, 0) is 0 Å². The molecule has 0 spiro atoms. The second kappa shape index (κ2) is 7.88. The quantitative estimate of drug-likeness (QED) is 0.847. The van der Waals surface area contributed by atoms with Crippen LogP contribution >= 0.6 is 11.3 Å². The van der Waals surface area contributed by atoms with E-state index in [0.29, 0.717) is 19.1 Å². The third-order valence-corrected chi connectivity index (χ3v) is 6.90. The van der Waals surface area contributed by atoms with E-state index in [-0.39, 0.29) is 18.0 Å². The molecule has 2 fully saturated rings. The molecule has 1 aliphatic heterocycles. The molecule has 2 aromatic heterocycles. The number of carbonyl (C=O) groups is 2. The van der Waals surface area contributed by atoms with Crippen LogP contribution in [0.1, 0.15) is 60.3 Å². The third kappa shape index (κ3) is 3.95. The lowest BCUT2D eigenvalue weighted by Crippen LogP contribution is -2.51. The van der Waals surface area contributed by atoms with Crippen molar-refractivity contribution in [1.29, 1.82) is 0 Å². The van der Waals surface area contributed by atoms with Gasteiger partial charge >= 0.3 is 6.03 Å². The van der Waals surface area contributed by atoms with Gasteiger partial charge < -0.3 is 15.5 Å². The summed E-state index contributed by atoms with van der Waals surface area (Å²) in [5.74, 6) is 0.0770. The number of aryl methyl sites for hydroxylation is 1. The van der Waals surface area contributed by atoms with Gasteiger partial charge in [0.25, 0.3) is 5.91 Å². The lowest BCUT2D eigenvalue weighted by Gasteiger charge is -2.33. The molecule has 1 saturated heterocycles. The summed E-state index contributed by atoms with van der Waals surface area (Å²) in [4.78, 5) is 32.9. The lowest BCUT2D eigenvalue weighted by molar-refractivity contribution is 0.0712. The smallest absolute Gasteiger partial charge is 0.315 e. The second-order valence-electron chi connectivity index (χ2n) is 7.62. The average Bonchev–Trinajstić information content (AvgIpc) is 3.26. The SMILES string of the molecule is Cc1c(C(=O)N2CCC(NC(=O)NC3CCCCC3)CC2)sc2nccn12. The molecule has 7 nitrogen and oxygen atoms in total. The first-order chi connectivity index (χ1) is 13.1. The van der Waals surface area contributed by atoms with Gasteiger partial charge in [-0.1, -0.05) is 30.6 Å². The number of nitrogens with zero attached hydrogens (tertiary/aromatic N) is 3. The molecule has 0 radical (unpaired) electrons. The van der Waals surface area contributed by atoms with Gasteiger partial charge in [-0.2, -0.15) is 0 Å². The number of urea groups is 1. The highest BCUT2D eigenvalue weighted by Gasteiger charge is 2.27. The molecule has 4 rings (SSSR count). The summed E-state index contributed by atoms with van der Waals surface area (Å²) in [5, 5.41) is 6.20. The number of likely N-dealkylation sites (tertiary alicyclic amines) is 1. The molecule has 8 heteroatoms. The van der Waals surface area contributed by atoms with Gasteiger partial charge in [-0.05, 0) is 32.6 Å². The van der Waals surface area contributed by atoms with E-state index in [2.05, 4.69) is 15.6 Å². The maximum Gasteiger partial charge on any atom is 0.315 e. The maximum absolute atomic E-state index is 12.9. The molecule has 2 N–H and O–H groups in total. The minimum atomic E-state index is -0.0537. The van der Waals surface area contributed by atoms with Crippen molar-refractivity contribution in [3.63, 3.8) is 0 Å². The highest BCUT2D eigenvalue weighted by molar-refractivity contribution is 7.19. The minimum Gasteiger partial charge on any atom is -0.338 e. The molecule has 27 heavy (non-hydrogen) atoms. The second-order valence-corrected chi connectivity index (χ2v) is 8.59. The lowest BCUT2D eigenvalue weighted by atomic mass is 9.96. The average molecular weight is 390 g/mol. The molecule has 0 unspecified atom stereocenters. The number of fused-ring (bicyclic) bond motifs is 1. The monoisotopic (exact) mass is 389 g/mol. The third-order valence-electron chi connectivity index (χ3n) is 5.74. The molecule has 3 heterocycles. The molecular weight excluding hydrogens is 362 g/mol. The molecule has 0 aromatic carbocycles. The van der Waals surface area contributed by atoms with E-state index >= 15 is 0 Å². The van der Waals surface area contributed by atoms with Crippen LogP contribution in [-0.4, -0.2) is 51.4 Å². The fourth-order valence-electron chi connectivity index (χ4n) is 4.12. The highest BCUT2D eigenvalue weighted by Crippen LogP contribution is 2.24. The molecule has 2 aromatic rings. The molecule has 2 aliphatic rings. The van der Waals surface area contributed by atoms with Crippen molar-refractivity contribution < 1.29 is 9.59 Å². The Morgan fingerprint density at radius 3 is 2.41 bits per heavy atom. The standard InChI is InChI=1S/C19H27N5O2S/c1-13-16(27-19-20-9-12-24(13)19)17(25)23-10-7-15(8-11-23)22-18(26)21-14-5-3-2-4-6-14/h9,12,14-15H,2-8,10-11H2,1H3,(H2,21,22,26). The topological polar surface area (TPSA) is 78.7 Å². The predicted octanol–water partition coefficient (Wildman–Crippen LogP) is 2.94. The van der Waals surface area contributed by atoms with Gasteiger partial charge in [-0.3, -0.25) is 9.20 Å². The maximum atomic E-state index is 12.9. The highest BCUT2D eigenvalue weighted by atomic mass is 32.1. The summed E-state index contributed by atoms with van der Waals surface area (Å²) < 4.78 is 1.96. The fraction of sp³-hybridized carbons (Fsp3) is 0.632. The van der Waals surface area contributed by atoms with Crippen LogP contribution in [0, 0.1) is 6.92 Å². The van der Waals surface area contributed by atoms with Gasteiger partial charge in [-0.25, -0.2) is 9.78 Å². The number of imidazole rings is 1. The fourth-order valence-corrected chi connectivity index (χ4v) is 5.18. The Balaban J connectivity index is 1.28. The van der Waals surface area contributed by atoms with Crippen molar-refractivity contribution >= 4 is 28.2 Å². The molecule has 0 atom stereocenters. The number of nitrogens with one attached hydrogen (secondary N) is 2. The Labute approximate surface area is 163 Å². The first kappa shape index (κ1) is 18.3. The number of rotatable bonds is 3. The molecule has 1 saturated carbocycles. The minimum absolute atomic E-state index is 0.0537. The predicted molar refractivity (Wildman–Crippen MR) is 105 cm³/mol. The first-order valence-corrected chi connectivity index (χ1v) is 10.7. The molecule has 0 bridgehead atoms. The normalized spacial score (nSPS) is 19.4. The van der Waals surface area contributed by atoms with E-state index in [1.54, 1.807) is 6.20 Å². The van der Waals surface area contributed by atoms with Crippen molar-refractivity contribution in [3.8, 4) is 0 Å². The van der Waals surface area contributed by atoms with Gasteiger partial charge in [0.15, 0.2) is 4.96 Å². The van der Waals surface area contributed by atoms with E-state index in [1.165, 1.54) is 30.6 Å². The summed E-state index contributed by atoms with van der Waals surface area (Å²) in [7, 11) is 0. The van der Waals surface area contributed by atoms with E-state index in [4.69, 9.17) is 0 Å². The molecule has 1 aliphatic carbocycles. The Kier molecular flexibility index (Phi) is 5.33. The van der Waals surface area contributed by atoms with Crippen molar-refractivity contribution in [2.75, 3.05) is 13.1 Å². The summed E-state index contributed by atoms with van der Waals surface area (Å²) in [6.45, 7) is 3.31. The van der Waals surface area contributed by atoms with E-state index in [1.807, 2.05) is 22.4 Å². The summed E-state index contributed by atoms with van der Waals surface area (Å²) >= 11 is 1.44. The van der Waals surface area contributed by atoms with Crippen molar-refractivity contribution in [3.05, 3.63) is 23.0 Å². The van der Waals surface area contributed by atoms with Crippen molar-refractivity contribution in [2.24, 2.45) is 0 Å². The number of aromatic nitrogens is 2. The van der Waals surface area contributed by atoms with Crippen LogP contribution in [0.3, 0.4) is 0 Å². The molecule has 146 valence electrons. The van der Waals surface area contributed by atoms with Crippen LogP contribution in [0.25, 0.3) is 4.96 Å².